The lowest BCUT2D eigenvalue weighted by Gasteiger charge is -2.17. The largest absolute Gasteiger partial charge is 0.377 e. The second kappa shape index (κ2) is 5.21. The number of aromatic nitrogens is 2. The van der Waals surface area contributed by atoms with Gasteiger partial charge in [0.2, 0.25) is 0 Å². The third-order valence-corrected chi connectivity index (χ3v) is 3.63. The van der Waals surface area contributed by atoms with E-state index in [1.807, 2.05) is 32.5 Å². The topological polar surface area (TPSA) is 29.9 Å². The van der Waals surface area contributed by atoms with Gasteiger partial charge in [-0.25, -0.2) is 4.39 Å². The van der Waals surface area contributed by atoms with Crippen molar-refractivity contribution in [3.8, 4) is 0 Å². The molecule has 1 N–H and O–H groups in total. The maximum absolute atomic E-state index is 13.2. The van der Waals surface area contributed by atoms with Crippen molar-refractivity contribution in [2.45, 2.75) is 26.8 Å². The van der Waals surface area contributed by atoms with Crippen molar-refractivity contribution in [1.29, 1.82) is 0 Å². The van der Waals surface area contributed by atoms with Gasteiger partial charge in [-0.05, 0) is 39.0 Å². The Morgan fingerprint density at radius 1 is 1.37 bits per heavy atom. The molecular weight excluding hydrogens is 265 g/mol. The number of nitrogens with one attached hydrogen (secondary N) is 1. The molecule has 1 unspecified atom stereocenters. The Bertz CT molecular complexity index is 607. The lowest BCUT2D eigenvalue weighted by Crippen LogP contribution is -2.09. The molecule has 0 saturated carbocycles. The zero-order valence-electron chi connectivity index (χ0n) is 11.5. The van der Waals surface area contributed by atoms with Crippen molar-refractivity contribution in [3.05, 3.63) is 46.0 Å². The van der Waals surface area contributed by atoms with E-state index in [1.165, 1.54) is 12.1 Å². The van der Waals surface area contributed by atoms with Gasteiger partial charge in [0.25, 0.3) is 0 Å². The second-order valence-corrected chi connectivity index (χ2v) is 5.11. The summed E-state index contributed by atoms with van der Waals surface area (Å²) >= 11 is 6.06. The van der Waals surface area contributed by atoms with E-state index in [9.17, 15) is 4.39 Å². The van der Waals surface area contributed by atoms with Crippen molar-refractivity contribution < 1.29 is 4.39 Å². The van der Waals surface area contributed by atoms with Gasteiger partial charge in [0.05, 0.1) is 22.4 Å². The van der Waals surface area contributed by atoms with Gasteiger partial charge in [0.1, 0.15) is 5.82 Å². The van der Waals surface area contributed by atoms with Gasteiger partial charge in [-0.15, -0.1) is 0 Å². The Kier molecular flexibility index (Phi) is 3.80. The van der Waals surface area contributed by atoms with Gasteiger partial charge in [0.15, 0.2) is 0 Å². The molecule has 3 nitrogen and oxygen atoms in total. The molecule has 0 saturated heterocycles. The Morgan fingerprint density at radius 2 is 2.05 bits per heavy atom. The molecule has 1 aromatic carbocycles. The van der Waals surface area contributed by atoms with Crippen molar-refractivity contribution in [3.63, 3.8) is 0 Å². The van der Waals surface area contributed by atoms with Crippen LogP contribution < -0.4 is 5.32 Å². The maximum Gasteiger partial charge on any atom is 0.125 e. The summed E-state index contributed by atoms with van der Waals surface area (Å²) in [7, 11) is 1.91. The third kappa shape index (κ3) is 2.73. The summed E-state index contributed by atoms with van der Waals surface area (Å²) in [5.74, 6) is -0.307. The van der Waals surface area contributed by atoms with E-state index in [1.54, 1.807) is 6.07 Å². The highest BCUT2D eigenvalue weighted by molar-refractivity contribution is 6.33. The first-order valence-corrected chi connectivity index (χ1v) is 6.49. The molecule has 0 spiro atoms. The van der Waals surface area contributed by atoms with Crippen LogP contribution in [0, 0.1) is 19.7 Å². The average molecular weight is 282 g/mol. The van der Waals surface area contributed by atoms with Crippen LogP contribution in [0.4, 0.5) is 10.1 Å². The quantitative estimate of drug-likeness (QED) is 0.921. The molecule has 0 bridgehead atoms. The van der Waals surface area contributed by atoms with E-state index < -0.39 is 0 Å². The molecule has 2 rings (SSSR count). The van der Waals surface area contributed by atoms with E-state index in [0.717, 1.165) is 17.0 Å². The number of hydrogen-bond acceptors (Lipinski definition) is 2. The van der Waals surface area contributed by atoms with Gasteiger partial charge in [-0.1, -0.05) is 11.6 Å². The van der Waals surface area contributed by atoms with Crippen LogP contribution >= 0.6 is 11.6 Å². The fourth-order valence-corrected chi connectivity index (χ4v) is 2.50. The van der Waals surface area contributed by atoms with Crippen molar-refractivity contribution in [1.82, 2.24) is 9.78 Å². The van der Waals surface area contributed by atoms with Crippen molar-refractivity contribution in [2.24, 2.45) is 7.05 Å². The minimum atomic E-state index is -0.307. The Balaban J connectivity index is 2.30. The van der Waals surface area contributed by atoms with Crippen LogP contribution in [-0.4, -0.2) is 9.78 Å². The van der Waals surface area contributed by atoms with Crippen molar-refractivity contribution >= 4 is 17.3 Å². The minimum Gasteiger partial charge on any atom is -0.377 e. The van der Waals surface area contributed by atoms with Crippen LogP contribution in [0.15, 0.2) is 18.2 Å². The summed E-state index contributed by atoms with van der Waals surface area (Å²) in [4.78, 5) is 0. The maximum atomic E-state index is 13.2. The van der Waals surface area contributed by atoms with E-state index in [4.69, 9.17) is 11.6 Å². The van der Waals surface area contributed by atoms with Crippen LogP contribution in [0.1, 0.15) is 29.9 Å². The Hall–Kier alpha value is -1.55. The fourth-order valence-electron chi connectivity index (χ4n) is 2.33. The number of aryl methyl sites for hydroxylation is 2. The predicted octanol–water partition coefficient (Wildman–Crippen LogP) is 4.00. The Morgan fingerprint density at radius 3 is 2.63 bits per heavy atom. The highest BCUT2D eigenvalue weighted by atomic mass is 35.5. The van der Waals surface area contributed by atoms with E-state index >= 15 is 0 Å². The first-order chi connectivity index (χ1) is 8.90. The molecular formula is C14H17ClFN3. The molecule has 0 aliphatic heterocycles. The molecule has 19 heavy (non-hydrogen) atoms. The summed E-state index contributed by atoms with van der Waals surface area (Å²) in [5, 5.41) is 8.13. The number of hydrogen-bond donors (Lipinski definition) is 1. The molecule has 102 valence electrons. The van der Waals surface area contributed by atoms with E-state index in [0.29, 0.717) is 10.7 Å². The standard InChI is InChI=1S/C14H17ClFN3/c1-8(14-9(2)18-19(4)10(14)3)17-13-7-11(16)5-6-12(13)15/h5-8,17H,1-4H3. The summed E-state index contributed by atoms with van der Waals surface area (Å²) in [6.07, 6.45) is 0. The molecule has 0 radical (unpaired) electrons. The Labute approximate surface area is 117 Å². The number of rotatable bonds is 3. The molecule has 0 aliphatic carbocycles. The molecule has 1 atom stereocenters. The van der Waals surface area contributed by atoms with Gasteiger partial charge in [-0.2, -0.15) is 5.10 Å². The summed E-state index contributed by atoms with van der Waals surface area (Å²) in [6, 6.07) is 4.31. The number of nitrogens with zero attached hydrogens (tertiary/aromatic N) is 2. The molecule has 5 heteroatoms. The molecule has 2 aromatic rings. The second-order valence-electron chi connectivity index (χ2n) is 4.70. The van der Waals surface area contributed by atoms with E-state index in [2.05, 4.69) is 10.4 Å². The van der Waals surface area contributed by atoms with Crippen LogP contribution in [-0.2, 0) is 7.05 Å². The lowest BCUT2D eigenvalue weighted by molar-refractivity contribution is 0.628. The minimum absolute atomic E-state index is 0.00741. The summed E-state index contributed by atoms with van der Waals surface area (Å²) in [6.45, 7) is 5.99. The van der Waals surface area contributed by atoms with Gasteiger partial charge < -0.3 is 5.32 Å². The number of benzene rings is 1. The zero-order valence-corrected chi connectivity index (χ0v) is 12.2. The van der Waals surface area contributed by atoms with Gasteiger partial charge in [-0.3, -0.25) is 4.68 Å². The number of halogens is 2. The average Bonchev–Trinajstić information content (AvgIpc) is 2.58. The summed E-state index contributed by atoms with van der Waals surface area (Å²) in [5.41, 5.74) is 3.76. The number of anilines is 1. The van der Waals surface area contributed by atoms with Crippen LogP contribution in [0.3, 0.4) is 0 Å². The molecule has 1 heterocycles. The van der Waals surface area contributed by atoms with Gasteiger partial charge in [0, 0.05) is 18.3 Å². The van der Waals surface area contributed by atoms with E-state index in [-0.39, 0.29) is 11.9 Å². The highest BCUT2D eigenvalue weighted by Gasteiger charge is 2.17. The summed E-state index contributed by atoms with van der Waals surface area (Å²) < 4.78 is 15.1. The predicted molar refractivity (Wildman–Crippen MR) is 76.1 cm³/mol. The first-order valence-electron chi connectivity index (χ1n) is 6.12. The van der Waals surface area contributed by atoms with Gasteiger partial charge >= 0.3 is 0 Å². The highest BCUT2D eigenvalue weighted by Crippen LogP contribution is 2.29. The zero-order chi connectivity index (χ0) is 14.2. The lowest BCUT2D eigenvalue weighted by atomic mass is 10.1. The first kappa shape index (κ1) is 13.9. The third-order valence-electron chi connectivity index (χ3n) is 3.30. The SMILES string of the molecule is Cc1nn(C)c(C)c1C(C)Nc1cc(F)ccc1Cl. The van der Waals surface area contributed by atoms with Crippen molar-refractivity contribution in [2.75, 3.05) is 5.32 Å². The molecule has 0 aliphatic rings. The fraction of sp³-hybridized carbons (Fsp3) is 0.357. The normalized spacial score (nSPS) is 12.5. The molecule has 0 amide bonds. The van der Waals surface area contributed by atoms with Crippen LogP contribution in [0.5, 0.6) is 0 Å². The van der Waals surface area contributed by atoms with Crippen LogP contribution in [0.25, 0.3) is 0 Å². The molecule has 0 fully saturated rings. The monoisotopic (exact) mass is 281 g/mol. The smallest absolute Gasteiger partial charge is 0.125 e. The molecule has 1 aromatic heterocycles. The van der Waals surface area contributed by atoms with Crippen LogP contribution in [0.2, 0.25) is 5.02 Å².